The van der Waals surface area contributed by atoms with Crippen LogP contribution in [0, 0.1) is 13.8 Å². The SMILES string of the molecule is Cc1ccc(N2N=C3C[C@@H]2COCCOCCOC[C@H]2CC(=NN2c2ccc(C)cc2)C(=O)OCCOCCOC3=O)cc1. The molecule has 1 saturated heterocycles. The van der Waals surface area contributed by atoms with Crippen LogP contribution >= 0.6 is 0 Å². The van der Waals surface area contributed by atoms with Crippen molar-refractivity contribution >= 4 is 34.7 Å². The molecule has 0 aliphatic carbocycles. The van der Waals surface area contributed by atoms with Crippen LogP contribution in [0.1, 0.15) is 24.0 Å². The minimum Gasteiger partial charge on any atom is -0.459 e. The fraction of sp³-hybridized carbons (Fsp3) is 0.500. The Morgan fingerprint density at radius 2 is 0.909 bits per heavy atom. The Bertz CT molecular complexity index is 1220. The second-order valence-electron chi connectivity index (χ2n) is 10.8. The smallest absolute Gasteiger partial charge is 0.354 e. The molecule has 0 N–H and O–H groups in total. The summed E-state index contributed by atoms with van der Waals surface area (Å²) in [5.41, 5.74) is 4.66. The third kappa shape index (κ3) is 8.63. The van der Waals surface area contributed by atoms with E-state index in [4.69, 9.17) is 28.4 Å². The fourth-order valence-electron chi connectivity index (χ4n) is 5.00. The normalized spacial score (nSPS) is 23.3. The van der Waals surface area contributed by atoms with Crippen LogP contribution in [-0.4, -0.2) is 102 Å². The summed E-state index contributed by atoms with van der Waals surface area (Å²) in [7, 11) is 0. The molecule has 2 aromatic rings. The molecule has 0 saturated carbocycles. The van der Waals surface area contributed by atoms with Gasteiger partial charge in [-0.3, -0.25) is 10.0 Å². The fourth-order valence-corrected chi connectivity index (χ4v) is 5.00. The number of ether oxygens (including phenoxy) is 6. The van der Waals surface area contributed by atoms with Gasteiger partial charge in [-0.05, 0) is 38.1 Å². The molecule has 0 radical (unpaired) electrons. The van der Waals surface area contributed by atoms with E-state index < -0.39 is 11.9 Å². The Hall–Kier alpha value is -3.84. The van der Waals surface area contributed by atoms with Crippen molar-refractivity contribution < 1.29 is 38.0 Å². The van der Waals surface area contributed by atoms with Crippen molar-refractivity contribution in [2.75, 3.05) is 76.1 Å². The van der Waals surface area contributed by atoms with Gasteiger partial charge in [0.1, 0.15) is 24.6 Å². The number of fused-ring (bicyclic) bond motifs is 4. The molecular weight excluding hydrogens is 568 g/mol. The Morgan fingerprint density at radius 3 is 1.32 bits per heavy atom. The van der Waals surface area contributed by atoms with Crippen molar-refractivity contribution in [1.29, 1.82) is 0 Å². The molecule has 3 heterocycles. The molecule has 12 heteroatoms. The van der Waals surface area contributed by atoms with Crippen LogP contribution in [0.15, 0.2) is 58.7 Å². The summed E-state index contributed by atoms with van der Waals surface area (Å²) in [5, 5.41) is 12.8. The number of hydrogen-bond acceptors (Lipinski definition) is 12. The first kappa shape index (κ1) is 31.6. The van der Waals surface area contributed by atoms with Crippen molar-refractivity contribution in [3.05, 3.63) is 59.7 Å². The van der Waals surface area contributed by atoms with E-state index in [9.17, 15) is 9.59 Å². The van der Waals surface area contributed by atoms with E-state index in [2.05, 4.69) is 10.2 Å². The first-order chi connectivity index (χ1) is 21.5. The highest BCUT2D eigenvalue weighted by Gasteiger charge is 2.33. The molecule has 0 spiro atoms. The maximum absolute atomic E-state index is 12.8. The first-order valence-corrected chi connectivity index (χ1v) is 15.0. The second kappa shape index (κ2) is 15.8. The lowest BCUT2D eigenvalue weighted by Crippen LogP contribution is -2.32. The zero-order chi connectivity index (χ0) is 30.7. The minimum atomic E-state index is -0.496. The standard InChI is InChI=1S/C32H40N4O8/c1-23-3-7-25(8-4-23)35-27-19-29(33-35)31(37)43-17-15-40-16-18-44-32(38)30-20-28(22-42-14-12-39-11-13-41-21-27)36(34-30)26-9-5-24(2)6-10-26/h3-10,27-28H,11-22H2,1-2H3/t27-,28-/m1/s1. The Morgan fingerprint density at radius 1 is 0.545 bits per heavy atom. The van der Waals surface area contributed by atoms with Gasteiger partial charge in [0.25, 0.3) is 0 Å². The van der Waals surface area contributed by atoms with Gasteiger partial charge in [0.05, 0.1) is 76.3 Å². The van der Waals surface area contributed by atoms with Crippen LogP contribution in [0.2, 0.25) is 0 Å². The molecule has 4 bridgehead atoms. The summed E-state index contributed by atoms with van der Waals surface area (Å²) in [4.78, 5) is 25.6. The van der Waals surface area contributed by atoms with Gasteiger partial charge >= 0.3 is 11.9 Å². The number of anilines is 2. The van der Waals surface area contributed by atoms with Crippen LogP contribution in [0.3, 0.4) is 0 Å². The monoisotopic (exact) mass is 608 g/mol. The summed E-state index contributed by atoms with van der Waals surface area (Å²) >= 11 is 0. The topological polar surface area (TPSA) is 121 Å². The largest absolute Gasteiger partial charge is 0.459 e. The number of hydrogen-bond donors (Lipinski definition) is 0. The highest BCUT2D eigenvalue weighted by Crippen LogP contribution is 2.27. The lowest BCUT2D eigenvalue weighted by Gasteiger charge is -2.24. The van der Waals surface area contributed by atoms with Crippen molar-refractivity contribution in [3.63, 3.8) is 0 Å². The van der Waals surface area contributed by atoms with Crippen LogP contribution in [-0.2, 0) is 38.0 Å². The van der Waals surface area contributed by atoms with Gasteiger partial charge in [-0.2, -0.15) is 10.2 Å². The number of aryl methyl sites for hydroxylation is 2. The number of hydrazone groups is 2. The second-order valence-corrected chi connectivity index (χ2v) is 10.8. The van der Waals surface area contributed by atoms with Crippen molar-refractivity contribution in [2.24, 2.45) is 10.2 Å². The van der Waals surface area contributed by atoms with Gasteiger partial charge in [0.15, 0.2) is 0 Å². The van der Waals surface area contributed by atoms with Crippen LogP contribution < -0.4 is 10.0 Å². The number of carbonyl (C=O) groups is 2. The average Bonchev–Trinajstić information content (AvgIpc) is 3.65. The summed E-state index contributed by atoms with van der Waals surface area (Å²) in [5.74, 6) is -0.992. The Kier molecular flexibility index (Phi) is 11.3. The van der Waals surface area contributed by atoms with Crippen LogP contribution in [0.4, 0.5) is 11.4 Å². The quantitative estimate of drug-likeness (QED) is 0.471. The lowest BCUT2D eigenvalue weighted by atomic mass is 10.1. The van der Waals surface area contributed by atoms with Crippen LogP contribution in [0.5, 0.6) is 0 Å². The Labute approximate surface area is 257 Å². The molecule has 3 aliphatic rings. The molecule has 12 nitrogen and oxygen atoms in total. The molecule has 2 atom stereocenters. The molecule has 236 valence electrons. The summed E-state index contributed by atoms with van der Waals surface area (Å²) in [6, 6.07) is 15.6. The molecule has 44 heavy (non-hydrogen) atoms. The maximum atomic E-state index is 12.8. The van der Waals surface area contributed by atoms with E-state index in [0.717, 1.165) is 22.5 Å². The predicted octanol–water partition coefficient (Wildman–Crippen LogP) is 3.04. The number of cyclic esters (lactones) is 2. The van der Waals surface area contributed by atoms with Gasteiger partial charge in [-0.1, -0.05) is 35.4 Å². The summed E-state index contributed by atoms with van der Waals surface area (Å²) < 4.78 is 33.9. The summed E-state index contributed by atoms with van der Waals surface area (Å²) in [6.45, 7) is 6.76. The number of esters is 2. The molecule has 2 aromatic carbocycles. The zero-order valence-electron chi connectivity index (χ0n) is 25.3. The highest BCUT2D eigenvalue weighted by molar-refractivity contribution is 6.37. The van der Waals surface area contributed by atoms with Gasteiger partial charge in [-0.15, -0.1) is 0 Å². The number of nitrogens with zero attached hydrogens (tertiary/aromatic N) is 4. The molecule has 5 rings (SSSR count). The van der Waals surface area contributed by atoms with Gasteiger partial charge in [0, 0.05) is 12.8 Å². The van der Waals surface area contributed by atoms with Gasteiger partial charge < -0.3 is 28.4 Å². The van der Waals surface area contributed by atoms with Gasteiger partial charge in [-0.25, -0.2) is 9.59 Å². The third-order valence-corrected chi connectivity index (χ3v) is 7.36. The average molecular weight is 609 g/mol. The van der Waals surface area contributed by atoms with E-state index in [1.165, 1.54) is 0 Å². The van der Waals surface area contributed by atoms with Crippen molar-refractivity contribution in [2.45, 2.75) is 38.8 Å². The Balaban J connectivity index is 1.19. The number of benzene rings is 2. The predicted molar refractivity (Wildman–Crippen MR) is 164 cm³/mol. The van der Waals surface area contributed by atoms with Crippen LogP contribution in [0.25, 0.3) is 0 Å². The number of carbonyl (C=O) groups excluding carboxylic acids is 2. The van der Waals surface area contributed by atoms with E-state index in [1.807, 2.05) is 72.4 Å². The first-order valence-electron chi connectivity index (χ1n) is 15.0. The van der Waals surface area contributed by atoms with E-state index in [0.29, 0.717) is 63.9 Å². The maximum Gasteiger partial charge on any atom is 0.354 e. The molecule has 3 aliphatic heterocycles. The lowest BCUT2D eigenvalue weighted by molar-refractivity contribution is -0.138. The van der Waals surface area contributed by atoms with E-state index in [1.54, 1.807) is 0 Å². The third-order valence-electron chi connectivity index (χ3n) is 7.36. The molecule has 0 aromatic heterocycles. The van der Waals surface area contributed by atoms with Gasteiger partial charge in [0.2, 0.25) is 0 Å². The van der Waals surface area contributed by atoms with Crippen molar-refractivity contribution in [1.82, 2.24) is 0 Å². The molecule has 0 amide bonds. The molecule has 0 unspecified atom stereocenters. The zero-order valence-corrected chi connectivity index (χ0v) is 25.3. The summed E-state index contributed by atoms with van der Waals surface area (Å²) in [6.07, 6.45) is 0.783. The van der Waals surface area contributed by atoms with E-state index in [-0.39, 0.29) is 38.5 Å². The highest BCUT2D eigenvalue weighted by atomic mass is 16.6. The minimum absolute atomic E-state index is 0.0503. The molecular formula is C32H40N4O8. The van der Waals surface area contributed by atoms with E-state index >= 15 is 0 Å². The number of rotatable bonds is 2. The molecule has 1 fully saturated rings. The van der Waals surface area contributed by atoms with Crippen molar-refractivity contribution in [3.8, 4) is 0 Å².